The molecule has 1 aromatic heterocycles. The van der Waals surface area contributed by atoms with E-state index in [0.717, 1.165) is 6.07 Å². The number of halogens is 2. The van der Waals surface area contributed by atoms with E-state index in [-0.39, 0.29) is 31.0 Å². The molecule has 0 spiro atoms. The molecule has 2 aromatic carbocycles. The van der Waals surface area contributed by atoms with Crippen molar-refractivity contribution in [3.63, 3.8) is 0 Å². The van der Waals surface area contributed by atoms with Crippen molar-refractivity contribution < 1.29 is 19.1 Å². The number of carbonyl (C=O) groups is 3. The zero-order chi connectivity index (χ0) is 26.9. The average Bonchev–Trinajstić information content (AvgIpc) is 2.81. The molecule has 37 heavy (non-hydrogen) atoms. The van der Waals surface area contributed by atoms with Gasteiger partial charge in [-0.05, 0) is 48.9 Å². The summed E-state index contributed by atoms with van der Waals surface area (Å²) < 4.78 is 4.99. The molecule has 2 amide bonds. The number of anilines is 2. The van der Waals surface area contributed by atoms with Crippen LogP contribution in [0, 0.1) is 0 Å². The lowest BCUT2D eigenvalue weighted by Crippen LogP contribution is -2.39. The van der Waals surface area contributed by atoms with E-state index in [9.17, 15) is 24.0 Å². The standard InChI is InChI=1S/C24H23Cl2N5O6/c1-2-37-22(34)10-18(14-6-15(25)9-16(26)7-14)29-21(33)12-27-23(35)13-4-3-5-17(8-13)28-19-11-20(32)31-24(36)30-19/h3-9,11,18H,2,10,12H2,1H3,(H,27,35)(H,29,33)(H3,28,30,31,32,36). The van der Waals surface area contributed by atoms with Crippen molar-refractivity contribution >= 4 is 52.5 Å². The maximum Gasteiger partial charge on any atom is 0.327 e. The molecule has 0 saturated heterocycles. The smallest absolute Gasteiger partial charge is 0.327 e. The number of hydrogen-bond acceptors (Lipinski definition) is 7. The molecule has 0 bridgehead atoms. The van der Waals surface area contributed by atoms with Crippen molar-refractivity contribution in [2.75, 3.05) is 18.5 Å². The van der Waals surface area contributed by atoms with Gasteiger partial charge >= 0.3 is 11.7 Å². The maximum atomic E-state index is 12.6. The van der Waals surface area contributed by atoms with Crippen LogP contribution in [-0.4, -0.2) is 40.9 Å². The lowest BCUT2D eigenvalue weighted by molar-refractivity contribution is -0.143. The third kappa shape index (κ3) is 8.51. The number of esters is 1. The number of carbonyl (C=O) groups excluding carboxylic acids is 3. The van der Waals surface area contributed by atoms with Gasteiger partial charge in [0.15, 0.2) is 0 Å². The molecule has 0 aliphatic heterocycles. The third-order valence-electron chi connectivity index (χ3n) is 4.87. The van der Waals surface area contributed by atoms with E-state index in [1.807, 2.05) is 0 Å². The molecule has 1 unspecified atom stereocenters. The first kappa shape index (κ1) is 27.5. The minimum atomic E-state index is -0.789. The molecule has 0 aliphatic carbocycles. The van der Waals surface area contributed by atoms with Gasteiger partial charge in [-0.15, -0.1) is 0 Å². The minimum Gasteiger partial charge on any atom is -0.466 e. The van der Waals surface area contributed by atoms with E-state index in [1.165, 1.54) is 18.2 Å². The summed E-state index contributed by atoms with van der Waals surface area (Å²) in [5, 5.41) is 8.68. The van der Waals surface area contributed by atoms with Gasteiger partial charge in [0.1, 0.15) is 5.82 Å². The highest BCUT2D eigenvalue weighted by molar-refractivity contribution is 6.34. The fraction of sp³-hybridized carbons (Fsp3) is 0.208. The molecule has 3 aromatic rings. The van der Waals surface area contributed by atoms with Crippen molar-refractivity contribution in [2.45, 2.75) is 19.4 Å². The Balaban J connectivity index is 1.65. The van der Waals surface area contributed by atoms with Crippen LogP contribution in [0.5, 0.6) is 0 Å². The second-order valence-electron chi connectivity index (χ2n) is 7.72. The molecule has 0 saturated carbocycles. The van der Waals surface area contributed by atoms with E-state index >= 15 is 0 Å². The van der Waals surface area contributed by atoms with Crippen LogP contribution in [0.3, 0.4) is 0 Å². The summed E-state index contributed by atoms with van der Waals surface area (Å²) in [5.41, 5.74) is -0.133. The quantitative estimate of drug-likeness (QED) is 0.243. The Kier molecular flexibility index (Phi) is 9.47. The van der Waals surface area contributed by atoms with Crippen LogP contribution < -0.4 is 27.2 Å². The van der Waals surface area contributed by atoms with Crippen molar-refractivity contribution in [3.05, 3.63) is 90.5 Å². The van der Waals surface area contributed by atoms with Gasteiger partial charge in [0.05, 0.1) is 25.6 Å². The van der Waals surface area contributed by atoms with Gasteiger partial charge < -0.3 is 20.7 Å². The van der Waals surface area contributed by atoms with E-state index in [4.69, 9.17) is 27.9 Å². The Morgan fingerprint density at radius 3 is 2.41 bits per heavy atom. The van der Waals surface area contributed by atoms with Crippen molar-refractivity contribution in [1.29, 1.82) is 0 Å². The van der Waals surface area contributed by atoms with Gasteiger partial charge in [-0.2, -0.15) is 0 Å². The molecule has 13 heteroatoms. The van der Waals surface area contributed by atoms with E-state index < -0.39 is 35.1 Å². The summed E-state index contributed by atoms with van der Waals surface area (Å²) in [7, 11) is 0. The van der Waals surface area contributed by atoms with Gasteiger partial charge in [0, 0.05) is 27.4 Å². The highest BCUT2D eigenvalue weighted by Crippen LogP contribution is 2.26. The number of benzene rings is 2. The van der Waals surface area contributed by atoms with Crippen molar-refractivity contribution in [1.82, 2.24) is 20.6 Å². The summed E-state index contributed by atoms with van der Waals surface area (Å²) in [5.74, 6) is -1.50. The third-order valence-corrected chi connectivity index (χ3v) is 5.31. The number of amides is 2. The second-order valence-corrected chi connectivity index (χ2v) is 8.59. The molecular formula is C24H23Cl2N5O6. The van der Waals surface area contributed by atoms with Gasteiger partial charge in [-0.25, -0.2) is 4.79 Å². The topological polar surface area (TPSA) is 162 Å². The average molecular weight is 548 g/mol. The van der Waals surface area contributed by atoms with Crippen molar-refractivity contribution in [3.8, 4) is 0 Å². The van der Waals surface area contributed by atoms with Crippen LogP contribution in [0.2, 0.25) is 10.0 Å². The summed E-state index contributed by atoms with van der Waals surface area (Å²) in [4.78, 5) is 64.7. The fourth-order valence-electron chi connectivity index (χ4n) is 3.35. The largest absolute Gasteiger partial charge is 0.466 e. The van der Waals surface area contributed by atoms with Gasteiger partial charge in [-0.1, -0.05) is 29.3 Å². The van der Waals surface area contributed by atoms with Crippen LogP contribution in [0.4, 0.5) is 11.5 Å². The van der Waals surface area contributed by atoms with Crippen LogP contribution in [0.15, 0.2) is 58.1 Å². The minimum absolute atomic E-state index is 0.138. The van der Waals surface area contributed by atoms with Gasteiger partial charge in [0.25, 0.3) is 11.5 Å². The van der Waals surface area contributed by atoms with Crippen LogP contribution in [0.1, 0.15) is 35.3 Å². The Morgan fingerprint density at radius 1 is 1.00 bits per heavy atom. The first-order chi connectivity index (χ1) is 17.6. The lowest BCUT2D eigenvalue weighted by Gasteiger charge is -2.19. The number of rotatable bonds is 10. The molecule has 0 radical (unpaired) electrons. The molecule has 0 fully saturated rings. The zero-order valence-corrected chi connectivity index (χ0v) is 21.0. The number of hydrogen-bond donors (Lipinski definition) is 5. The molecule has 0 aliphatic rings. The Morgan fingerprint density at radius 2 is 1.73 bits per heavy atom. The lowest BCUT2D eigenvalue weighted by atomic mass is 10.0. The van der Waals surface area contributed by atoms with E-state index in [0.29, 0.717) is 21.3 Å². The molecule has 1 heterocycles. The molecule has 3 rings (SSSR count). The van der Waals surface area contributed by atoms with Crippen LogP contribution in [-0.2, 0) is 14.3 Å². The van der Waals surface area contributed by atoms with E-state index in [2.05, 4.69) is 25.9 Å². The number of aromatic amines is 2. The summed E-state index contributed by atoms with van der Waals surface area (Å²) in [6.07, 6.45) is -0.164. The van der Waals surface area contributed by atoms with Crippen molar-refractivity contribution in [2.24, 2.45) is 0 Å². The van der Waals surface area contributed by atoms with Gasteiger partial charge in [-0.3, -0.25) is 29.1 Å². The predicted molar refractivity (Wildman–Crippen MR) is 138 cm³/mol. The first-order valence-electron chi connectivity index (χ1n) is 11.0. The number of ether oxygens (including phenoxy) is 1. The van der Waals surface area contributed by atoms with Crippen LogP contribution >= 0.6 is 23.2 Å². The fourth-order valence-corrected chi connectivity index (χ4v) is 3.90. The molecular weight excluding hydrogens is 525 g/mol. The molecule has 11 nitrogen and oxygen atoms in total. The molecule has 194 valence electrons. The Bertz CT molecular complexity index is 1370. The molecule has 5 N–H and O–H groups in total. The maximum absolute atomic E-state index is 12.6. The Labute approximate surface area is 220 Å². The molecule has 1 atom stereocenters. The predicted octanol–water partition coefficient (Wildman–Crippen LogP) is 2.65. The number of aromatic nitrogens is 2. The summed E-state index contributed by atoms with van der Waals surface area (Å²) in [6, 6.07) is 11.2. The monoisotopic (exact) mass is 547 g/mol. The summed E-state index contributed by atoms with van der Waals surface area (Å²) >= 11 is 12.1. The van der Waals surface area contributed by atoms with Crippen LogP contribution in [0.25, 0.3) is 0 Å². The Hall–Kier alpha value is -4.09. The van der Waals surface area contributed by atoms with E-state index in [1.54, 1.807) is 31.2 Å². The SMILES string of the molecule is CCOC(=O)CC(NC(=O)CNC(=O)c1cccc(Nc2cc(=O)[nH]c(=O)[nH]2)c1)c1cc(Cl)cc(Cl)c1. The number of H-pyrrole nitrogens is 2. The number of nitrogens with one attached hydrogen (secondary N) is 5. The normalized spacial score (nSPS) is 11.3. The summed E-state index contributed by atoms with van der Waals surface area (Å²) in [6.45, 7) is 1.46. The second kappa shape index (κ2) is 12.7. The highest BCUT2D eigenvalue weighted by Gasteiger charge is 2.21. The first-order valence-corrected chi connectivity index (χ1v) is 11.8. The zero-order valence-electron chi connectivity index (χ0n) is 19.5. The van der Waals surface area contributed by atoms with Gasteiger partial charge in [0.2, 0.25) is 5.91 Å². The highest BCUT2D eigenvalue weighted by atomic mass is 35.5.